The number of hydrogen-bond acceptors (Lipinski definition) is 5. The third kappa shape index (κ3) is 2.02. The van der Waals surface area contributed by atoms with E-state index in [9.17, 15) is 4.39 Å². The van der Waals surface area contributed by atoms with Gasteiger partial charge in [0.05, 0.1) is 4.90 Å². The van der Waals surface area contributed by atoms with Crippen LogP contribution in [0.25, 0.3) is 0 Å². The SMILES string of the molecule is Nc1nnc(Sc2ccccc2F)s1. The third-order valence-electron chi connectivity index (χ3n) is 1.46. The lowest BCUT2D eigenvalue weighted by molar-refractivity contribution is 0.602. The summed E-state index contributed by atoms with van der Waals surface area (Å²) in [4.78, 5) is 0.531. The first-order valence-electron chi connectivity index (χ1n) is 3.77. The average molecular weight is 227 g/mol. The highest BCUT2D eigenvalue weighted by atomic mass is 32.2. The van der Waals surface area contributed by atoms with Crippen LogP contribution >= 0.6 is 23.1 Å². The summed E-state index contributed by atoms with van der Waals surface area (Å²) >= 11 is 2.47. The van der Waals surface area contributed by atoms with Gasteiger partial charge < -0.3 is 5.73 Å². The summed E-state index contributed by atoms with van der Waals surface area (Å²) < 4.78 is 13.8. The molecule has 6 heteroatoms. The molecule has 1 aromatic heterocycles. The van der Waals surface area contributed by atoms with Crippen molar-refractivity contribution in [1.82, 2.24) is 10.2 Å². The highest BCUT2D eigenvalue weighted by Crippen LogP contribution is 2.32. The van der Waals surface area contributed by atoms with Crippen molar-refractivity contribution in [1.29, 1.82) is 0 Å². The number of nitrogen functional groups attached to an aromatic ring is 1. The van der Waals surface area contributed by atoms with E-state index in [4.69, 9.17) is 5.73 Å². The molecule has 0 atom stereocenters. The Morgan fingerprint density at radius 3 is 2.71 bits per heavy atom. The first-order valence-corrected chi connectivity index (χ1v) is 5.40. The fourth-order valence-corrected chi connectivity index (χ4v) is 2.50. The summed E-state index contributed by atoms with van der Waals surface area (Å²) in [6, 6.07) is 6.52. The largest absolute Gasteiger partial charge is 0.374 e. The molecule has 2 aromatic rings. The van der Waals surface area contributed by atoms with E-state index in [-0.39, 0.29) is 5.82 Å². The van der Waals surface area contributed by atoms with E-state index in [0.717, 1.165) is 0 Å². The van der Waals surface area contributed by atoms with Gasteiger partial charge in [0, 0.05) is 0 Å². The van der Waals surface area contributed by atoms with Crippen LogP contribution in [0.1, 0.15) is 0 Å². The smallest absolute Gasteiger partial charge is 0.203 e. The topological polar surface area (TPSA) is 51.8 Å². The van der Waals surface area contributed by atoms with Crippen molar-refractivity contribution in [2.45, 2.75) is 9.24 Å². The molecule has 0 aliphatic carbocycles. The fraction of sp³-hybridized carbons (Fsp3) is 0. The van der Waals surface area contributed by atoms with Crippen LogP contribution in [0, 0.1) is 5.82 Å². The lowest BCUT2D eigenvalue weighted by atomic mass is 10.4. The predicted molar refractivity (Wildman–Crippen MR) is 54.8 cm³/mol. The summed E-state index contributed by atoms with van der Waals surface area (Å²) in [6.07, 6.45) is 0. The molecule has 0 amide bonds. The maximum Gasteiger partial charge on any atom is 0.203 e. The van der Waals surface area contributed by atoms with Crippen molar-refractivity contribution in [2.24, 2.45) is 0 Å². The van der Waals surface area contributed by atoms with Crippen molar-refractivity contribution < 1.29 is 4.39 Å². The van der Waals surface area contributed by atoms with Gasteiger partial charge in [0.2, 0.25) is 5.13 Å². The van der Waals surface area contributed by atoms with Gasteiger partial charge in [-0.25, -0.2) is 4.39 Å². The van der Waals surface area contributed by atoms with Gasteiger partial charge in [-0.3, -0.25) is 0 Å². The Hall–Kier alpha value is -1.14. The molecule has 3 nitrogen and oxygen atoms in total. The second-order valence-electron chi connectivity index (χ2n) is 2.44. The summed E-state index contributed by atoms with van der Waals surface area (Å²) in [7, 11) is 0. The van der Waals surface area contributed by atoms with Gasteiger partial charge in [-0.15, -0.1) is 10.2 Å². The van der Waals surface area contributed by atoms with Gasteiger partial charge in [0.15, 0.2) is 4.34 Å². The summed E-state index contributed by atoms with van der Waals surface area (Å²) in [5.41, 5.74) is 5.41. The van der Waals surface area contributed by atoms with Gasteiger partial charge in [0.25, 0.3) is 0 Å². The van der Waals surface area contributed by atoms with E-state index in [1.54, 1.807) is 18.2 Å². The van der Waals surface area contributed by atoms with Crippen LogP contribution < -0.4 is 5.73 Å². The third-order valence-corrected chi connectivity index (χ3v) is 3.31. The van der Waals surface area contributed by atoms with Gasteiger partial charge >= 0.3 is 0 Å². The molecule has 1 heterocycles. The second-order valence-corrected chi connectivity index (χ2v) is 4.74. The highest BCUT2D eigenvalue weighted by Gasteiger charge is 2.06. The molecule has 0 bridgehead atoms. The van der Waals surface area contributed by atoms with E-state index in [1.807, 2.05) is 0 Å². The van der Waals surface area contributed by atoms with E-state index in [0.29, 0.717) is 14.4 Å². The van der Waals surface area contributed by atoms with Gasteiger partial charge in [-0.1, -0.05) is 35.2 Å². The van der Waals surface area contributed by atoms with Crippen molar-refractivity contribution in [3.63, 3.8) is 0 Å². The van der Waals surface area contributed by atoms with Crippen LogP contribution in [-0.4, -0.2) is 10.2 Å². The van der Waals surface area contributed by atoms with Crippen LogP contribution in [0.2, 0.25) is 0 Å². The van der Waals surface area contributed by atoms with Crippen molar-refractivity contribution in [3.05, 3.63) is 30.1 Å². The fourth-order valence-electron chi connectivity index (χ4n) is 0.883. The lowest BCUT2D eigenvalue weighted by Crippen LogP contribution is -1.80. The maximum absolute atomic E-state index is 13.2. The molecular formula is C8H6FN3S2. The first-order chi connectivity index (χ1) is 6.75. The van der Waals surface area contributed by atoms with Crippen LogP contribution in [0.3, 0.4) is 0 Å². The molecule has 72 valence electrons. The summed E-state index contributed by atoms with van der Waals surface area (Å²) in [6.45, 7) is 0. The number of nitrogens with zero attached hydrogens (tertiary/aromatic N) is 2. The van der Waals surface area contributed by atoms with E-state index >= 15 is 0 Å². The number of halogens is 1. The van der Waals surface area contributed by atoms with Gasteiger partial charge in [-0.2, -0.15) is 0 Å². The number of hydrogen-bond donors (Lipinski definition) is 1. The quantitative estimate of drug-likeness (QED) is 0.856. The average Bonchev–Trinajstić information content (AvgIpc) is 2.56. The summed E-state index contributed by atoms with van der Waals surface area (Å²) in [5, 5.41) is 7.83. The molecule has 0 aliphatic heterocycles. The Morgan fingerprint density at radius 2 is 2.07 bits per heavy atom. The maximum atomic E-state index is 13.2. The minimum Gasteiger partial charge on any atom is -0.374 e. The number of nitrogens with two attached hydrogens (primary N) is 1. The molecule has 14 heavy (non-hydrogen) atoms. The zero-order chi connectivity index (χ0) is 9.97. The molecule has 0 radical (unpaired) electrons. The monoisotopic (exact) mass is 227 g/mol. The Labute approximate surface area is 88.2 Å². The lowest BCUT2D eigenvalue weighted by Gasteiger charge is -1.97. The zero-order valence-corrected chi connectivity index (χ0v) is 8.61. The van der Waals surface area contributed by atoms with Crippen LogP contribution in [-0.2, 0) is 0 Å². The number of anilines is 1. The minimum atomic E-state index is -0.258. The Kier molecular flexibility index (Phi) is 2.64. The van der Waals surface area contributed by atoms with Crippen molar-refractivity contribution in [3.8, 4) is 0 Å². The van der Waals surface area contributed by atoms with Crippen LogP contribution in [0.15, 0.2) is 33.5 Å². The standard InChI is InChI=1S/C8H6FN3S2/c9-5-3-1-2-4-6(5)13-8-12-11-7(10)14-8/h1-4H,(H2,10,11). The molecule has 0 spiro atoms. The van der Waals surface area contributed by atoms with Gasteiger partial charge in [0.1, 0.15) is 5.82 Å². The molecule has 2 N–H and O–H groups in total. The Bertz CT molecular complexity index is 444. The van der Waals surface area contributed by atoms with Crippen molar-refractivity contribution >= 4 is 28.2 Å². The molecule has 0 saturated carbocycles. The molecule has 2 rings (SSSR count). The molecule has 0 fully saturated rings. The van der Waals surface area contributed by atoms with Gasteiger partial charge in [-0.05, 0) is 12.1 Å². The predicted octanol–water partition coefficient (Wildman–Crippen LogP) is 2.41. The summed E-state index contributed by atoms with van der Waals surface area (Å²) in [5.74, 6) is -0.258. The van der Waals surface area contributed by atoms with Crippen LogP contribution in [0.4, 0.5) is 9.52 Å². The Morgan fingerprint density at radius 1 is 1.29 bits per heavy atom. The molecular weight excluding hydrogens is 221 g/mol. The molecule has 0 aliphatic rings. The second kappa shape index (κ2) is 3.93. The van der Waals surface area contributed by atoms with Crippen molar-refractivity contribution in [2.75, 3.05) is 5.73 Å². The number of benzene rings is 1. The van der Waals surface area contributed by atoms with E-state index < -0.39 is 0 Å². The molecule has 0 unspecified atom stereocenters. The van der Waals surface area contributed by atoms with Crippen LogP contribution in [0.5, 0.6) is 0 Å². The zero-order valence-electron chi connectivity index (χ0n) is 6.98. The first kappa shape index (κ1) is 9.42. The van der Waals surface area contributed by atoms with E-state index in [1.165, 1.54) is 29.2 Å². The highest BCUT2D eigenvalue weighted by molar-refractivity contribution is 8.01. The van der Waals surface area contributed by atoms with E-state index in [2.05, 4.69) is 10.2 Å². The number of rotatable bonds is 2. The minimum absolute atomic E-state index is 0.258. The molecule has 1 aromatic carbocycles. The normalized spacial score (nSPS) is 10.4. The number of aromatic nitrogens is 2. The Balaban J connectivity index is 2.23. The molecule has 0 saturated heterocycles.